The number of hydrogen-bond acceptors (Lipinski definition) is 4. The molecule has 2 aromatic carbocycles. The molecule has 0 aliphatic heterocycles. The minimum atomic E-state index is -0.827. The number of amides is 2. The summed E-state index contributed by atoms with van der Waals surface area (Å²) in [4.78, 5) is 13.6. The maximum Gasteiger partial charge on any atom is 0.317 e. The van der Waals surface area contributed by atoms with Crippen molar-refractivity contribution < 1.29 is 19.4 Å². The second-order valence-corrected chi connectivity index (χ2v) is 5.66. The highest BCUT2D eigenvalue weighted by atomic mass is 16.5. The third kappa shape index (κ3) is 5.12. The Morgan fingerprint density at radius 2 is 1.80 bits per heavy atom. The predicted octanol–water partition coefficient (Wildman–Crippen LogP) is 2.58. The number of rotatable bonds is 7. The Labute approximate surface area is 148 Å². The molecule has 6 heteroatoms. The number of hydrogen-bond donors (Lipinski definition) is 2. The summed E-state index contributed by atoms with van der Waals surface area (Å²) in [6.45, 7) is 0.604. The van der Waals surface area contributed by atoms with E-state index in [9.17, 15) is 9.90 Å². The topological polar surface area (TPSA) is 71.0 Å². The summed E-state index contributed by atoms with van der Waals surface area (Å²) < 4.78 is 10.4. The van der Waals surface area contributed by atoms with Gasteiger partial charge in [0.1, 0.15) is 0 Å². The van der Waals surface area contributed by atoms with Crippen LogP contribution < -0.4 is 14.8 Å². The van der Waals surface area contributed by atoms with Gasteiger partial charge in [-0.05, 0) is 23.3 Å². The number of nitrogens with zero attached hydrogens (tertiary/aromatic N) is 1. The van der Waals surface area contributed by atoms with E-state index in [1.54, 1.807) is 32.4 Å². The summed E-state index contributed by atoms with van der Waals surface area (Å²) in [6, 6.07) is 14.6. The lowest BCUT2D eigenvalue weighted by Gasteiger charge is -2.22. The lowest BCUT2D eigenvalue weighted by atomic mass is 10.1. The van der Waals surface area contributed by atoms with E-state index in [1.165, 1.54) is 12.0 Å². The van der Waals surface area contributed by atoms with Crippen LogP contribution in [0.15, 0.2) is 48.5 Å². The highest BCUT2D eigenvalue weighted by Gasteiger charge is 2.17. The summed E-state index contributed by atoms with van der Waals surface area (Å²) in [7, 11) is 4.74. The number of aliphatic hydroxyl groups excluding tert-OH is 1. The summed E-state index contributed by atoms with van der Waals surface area (Å²) in [5, 5.41) is 13.2. The Hall–Kier alpha value is -2.73. The number of methoxy groups -OCH3 is 2. The van der Waals surface area contributed by atoms with Crippen molar-refractivity contribution in [3.8, 4) is 11.5 Å². The molecule has 0 heterocycles. The molecule has 1 unspecified atom stereocenters. The van der Waals surface area contributed by atoms with Crippen molar-refractivity contribution in [3.63, 3.8) is 0 Å². The van der Waals surface area contributed by atoms with Crippen LogP contribution >= 0.6 is 0 Å². The molecule has 134 valence electrons. The number of likely N-dealkylation sites (N-methyl/N-ethyl adjacent to an activating group) is 1. The van der Waals surface area contributed by atoms with Gasteiger partial charge in [0.2, 0.25) is 0 Å². The predicted molar refractivity (Wildman–Crippen MR) is 95.8 cm³/mol. The molecule has 2 aromatic rings. The maximum absolute atomic E-state index is 12.2. The first-order valence-corrected chi connectivity index (χ1v) is 7.98. The van der Waals surface area contributed by atoms with Crippen molar-refractivity contribution in [2.45, 2.75) is 12.6 Å². The van der Waals surface area contributed by atoms with Crippen LogP contribution in [-0.4, -0.2) is 43.8 Å². The van der Waals surface area contributed by atoms with Crippen LogP contribution in [0.25, 0.3) is 0 Å². The minimum Gasteiger partial charge on any atom is -0.493 e. The summed E-state index contributed by atoms with van der Waals surface area (Å²) in [5.74, 6) is 1.13. The fourth-order valence-electron chi connectivity index (χ4n) is 2.42. The Bertz CT molecular complexity index is 691. The fourth-order valence-corrected chi connectivity index (χ4v) is 2.42. The lowest BCUT2D eigenvalue weighted by molar-refractivity contribution is 0.131. The van der Waals surface area contributed by atoms with Gasteiger partial charge >= 0.3 is 6.03 Å². The number of carbonyl (C=O) groups is 1. The SMILES string of the molecule is COc1ccc(C(O)CN(C)C(=O)NCc2ccccc2)cc1OC. The van der Waals surface area contributed by atoms with Gasteiger partial charge in [0.05, 0.1) is 26.9 Å². The molecular formula is C19H24N2O4. The van der Waals surface area contributed by atoms with Crippen molar-refractivity contribution in [1.82, 2.24) is 10.2 Å². The van der Waals surface area contributed by atoms with Crippen molar-refractivity contribution in [1.29, 1.82) is 0 Å². The zero-order valence-electron chi connectivity index (χ0n) is 14.7. The highest BCUT2D eigenvalue weighted by Crippen LogP contribution is 2.30. The normalized spacial score (nSPS) is 11.5. The number of benzene rings is 2. The van der Waals surface area contributed by atoms with E-state index in [0.717, 1.165) is 5.56 Å². The van der Waals surface area contributed by atoms with Crippen LogP contribution in [0.5, 0.6) is 11.5 Å². The molecule has 0 bridgehead atoms. The molecule has 25 heavy (non-hydrogen) atoms. The van der Waals surface area contributed by atoms with E-state index in [0.29, 0.717) is 23.6 Å². The number of carbonyl (C=O) groups excluding carboxylic acids is 1. The molecule has 0 fully saturated rings. The van der Waals surface area contributed by atoms with Gasteiger partial charge in [-0.3, -0.25) is 0 Å². The molecule has 0 saturated carbocycles. The molecule has 2 N–H and O–H groups in total. The first kappa shape index (κ1) is 18.6. The molecule has 0 saturated heterocycles. The first-order valence-electron chi connectivity index (χ1n) is 7.98. The molecule has 0 spiro atoms. The smallest absolute Gasteiger partial charge is 0.317 e. The first-order chi connectivity index (χ1) is 12.0. The molecular weight excluding hydrogens is 320 g/mol. The van der Waals surface area contributed by atoms with Crippen molar-refractivity contribution in [2.75, 3.05) is 27.8 Å². The summed E-state index contributed by atoms with van der Waals surface area (Å²) in [6.07, 6.45) is -0.827. The molecule has 6 nitrogen and oxygen atoms in total. The Morgan fingerprint density at radius 3 is 2.44 bits per heavy atom. The number of urea groups is 1. The summed E-state index contributed by atoms with van der Waals surface area (Å²) >= 11 is 0. The van der Waals surface area contributed by atoms with Gasteiger partial charge < -0.3 is 24.8 Å². The third-order valence-corrected chi connectivity index (χ3v) is 3.87. The van der Waals surface area contributed by atoms with Gasteiger partial charge in [0.15, 0.2) is 11.5 Å². The van der Waals surface area contributed by atoms with Gasteiger partial charge in [0, 0.05) is 13.6 Å². The largest absolute Gasteiger partial charge is 0.493 e. The van der Waals surface area contributed by atoms with Crippen LogP contribution in [0, 0.1) is 0 Å². The molecule has 1 atom stereocenters. The van der Waals surface area contributed by atoms with Gasteiger partial charge in [-0.1, -0.05) is 36.4 Å². The van der Waals surface area contributed by atoms with E-state index in [2.05, 4.69) is 5.32 Å². The fraction of sp³-hybridized carbons (Fsp3) is 0.316. The zero-order valence-corrected chi connectivity index (χ0v) is 14.7. The number of aliphatic hydroxyl groups is 1. The standard InChI is InChI=1S/C19H24N2O4/c1-21(19(23)20-12-14-7-5-4-6-8-14)13-16(22)15-9-10-17(24-2)18(11-15)25-3/h4-11,16,22H,12-13H2,1-3H3,(H,20,23). The van der Waals surface area contributed by atoms with Crippen LogP contribution in [0.1, 0.15) is 17.2 Å². The molecule has 0 aliphatic carbocycles. The summed E-state index contributed by atoms with van der Waals surface area (Å²) in [5.41, 5.74) is 1.67. The molecule has 0 aliphatic rings. The van der Waals surface area contributed by atoms with Crippen molar-refractivity contribution in [2.24, 2.45) is 0 Å². The van der Waals surface area contributed by atoms with Gasteiger partial charge in [-0.2, -0.15) is 0 Å². The lowest BCUT2D eigenvalue weighted by Crippen LogP contribution is -2.39. The quantitative estimate of drug-likeness (QED) is 0.810. The van der Waals surface area contributed by atoms with Crippen molar-refractivity contribution in [3.05, 3.63) is 59.7 Å². The number of nitrogens with one attached hydrogen (secondary N) is 1. The van der Waals surface area contributed by atoms with Gasteiger partial charge in [0.25, 0.3) is 0 Å². The average molecular weight is 344 g/mol. The van der Waals surface area contributed by atoms with E-state index in [1.807, 2.05) is 30.3 Å². The van der Waals surface area contributed by atoms with Gasteiger partial charge in [-0.25, -0.2) is 4.79 Å². The molecule has 2 amide bonds. The van der Waals surface area contributed by atoms with Crippen molar-refractivity contribution >= 4 is 6.03 Å². The Balaban J connectivity index is 1.92. The third-order valence-electron chi connectivity index (χ3n) is 3.87. The monoisotopic (exact) mass is 344 g/mol. The molecule has 0 radical (unpaired) electrons. The van der Waals surface area contributed by atoms with Crippen LogP contribution in [0.3, 0.4) is 0 Å². The van der Waals surface area contributed by atoms with Crippen LogP contribution in [0.4, 0.5) is 4.79 Å². The second kappa shape index (κ2) is 8.94. The average Bonchev–Trinajstić information content (AvgIpc) is 2.66. The molecule has 0 aromatic heterocycles. The Morgan fingerprint density at radius 1 is 1.12 bits per heavy atom. The van der Waals surface area contributed by atoms with Crippen LogP contribution in [-0.2, 0) is 6.54 Å². The van der Waals surface area contributed by atoms with Gasteiger partial charge in [-0.15, -0.1) is 0 Å². The molecule has 2 rings (SSSR count). The van der Waals surface area contributed by atoms with E-state index < -0.39 is 6.10 Å². The highest BCUT2D eigenvalue weighted by molar-refractivity contribution is 5.73. The minimum absolute atomic E-state index is 0.163. The maximum atomic E-state index is 12.2. The Kier molecular flexibility index (Phi) is 6.65. The zero-order chi connectivity index (χ0) is 18.2. The van der Waals surface area contributed by atoms with E-state index >= 15 is 0 Å². The van der Waals surface area contributed by atoms with E-state index in [-0.39, 0.29) is 12.6 Å². The second-order valence-electron chi connectivity index (χ2n) is 5.66. The van der Waals surface area contributed by atoms with Crippen LogP contribution in [0.2, 0.25) is 0 Å². The number of ether oxygens (including phenoxy) is 2. The van der Waals surface area contributed by atoms with E-state index in [4.69, 9.17) is 9.47 Å².